The van der Waals surface area contributed by atoms with Gasteiger partial charge in [0, 0.05) is 24.4 Å². The van der Waals surface area contributed by atoms with E-state index < -0.39 is 15.7 Å². The summed E-state index contributed by atoms with van der Waals surface area (Å²) in [5.41, 5.74) is 2.41. The summed E-state index contributed by atoms with van der Waals surface area (Å²) >= 11 is 0. The van der Waals surface area contributed by atoms with Gasteiger partial charge in [-0.1, -0.05) is 25.1 Å². The number of anilines is 1. The van der Waals surface area contributed by atoms with E-state index in [9.17, 15) is 17.6 Å². The summed E-state index contributed by atoms with van der Waals surface area (Å²) in [6, 6.07) is 11.8. The van der Waals surface area contributed by atoms with E-state index in [4.69, 9.17) is 0 Å². The predicted octanol–water partition coefficient (Wildman–Crippen LogP) is 3.44. The Morgan fingerprint density at radius 2 is 1.86 bits per heavy atom. The molecule has 1 amide bonds. The number of halogens is 1. The zero-order valence-corrected chi connectivity index (χ0v) is 16.5. The van der Waals surface area contributed by atoms with Gasteiger partial charge in [-0.25, -0.2) is 12.8 Å². The Bertz CT molecular complexity index is 1140. The average molecular weight is 401 g/mol. The molecule has 3 aromatic rings. The van der Waals surface area contributed by atoms with E-state index in [1.54, 1.807) is 29.9 Å². The van der Waals surface area contributed by atoms with Crippen molar-refractivity contribution in [2.24, 2.45) is 7.05 Å². The standard InChI is InChI=1S/C20H20FN3O3S/c1-4-17-18(13-8-10-15(21)11-9-13)19(24(2)23-17)22-20(25)14-6-5-7-16(12-14)28(3,26)27/h5-12H,4H2,1-3H3,(H,22,25). The number of benzene rings is 2. The number of amides is 1. The Hall–Kier alpha value is -3.00. The molecule has 0 saturated heterocycles. The molecule has 1 N–H and O–H groups in total. The van der Waals surface area contributed by atoms with Crippen molar-refractivity contribution in [2.45, 2.75) is 18.2 Å². The Kier molecular flexibility index (Phi) is 5.33. The fraction of sp³-hybridized carbons (Fsp3) is 0.200. The van der Waals surface area contributed by atoms with Crippen molar-refractivity contribution in [1.82, 2.24) is 9.78 Å². The SMILES string of the molecule is CCc1nn(C)c(NC(=O)c2cccc(S(C)(=O)=O)c2)c1-c1ccc(F)cc1. The highest BCUT2D eigenvalue weighted by Gasteiger charge is 2.20. The van der Waals surface area contributed by atoms with E-state index in [0.29, 0.717) is 17.8 Å². The molecule has 2 aromatic carbocycles. The van der Waals surface area contributed by atoms with Crippen LogP contribution in [0, 0.1) is 5.82 Å². The minimum Gasteiger partial charge on any atom is -0.306 e. The van der Waals surface area contributed by atoms with E-state index in [0.717, 1.165) is 17.5 Å². The molecule has 0 radical (unpaired) electrons. The Labute approximate surface area is 162 Å². The summed E-state index contributed by atoms with van der Waals surface area (Å²) in [5.74, 6) is -0.355. The molecule has 6 nitrogen and oxygen atoms in total. The molecule has 0 bridgehead atoms. The fourth-order valence-corrected chi connectivity index (χ4v) is 3.60. The molecule has 8 heteroatoms. The third kappa shape index (κ3) is 3.96. The van der Waals surface area contributed by atoms with Crippen LogP contribution in [0.3, 0.4) is 0 Å². The molecular weight excluding hydrogens is 381 g/mol. The van der Waals surface area contributed by atoms with Crippen molar-refractivity contribution in [3.05, 3.63) is 65.6 Å². The summed E-state index contributed by atoms with van der Waals surface area (Å²) in [6.07, 6.45) is 1.71. The number of hydrogen-bond acceptors (Lipinski definition) is 4. The van der Waals surface area contributed by atoms with E-state index >= 15 is 0 Å². The highest BCUT2D eigenvalue weighted by Crippen LogP contribution is 2.32. The molecular formula is C20H20FN3O3S. The number of nitrogens with zero attached hydrogens (tertiary/aromatic N) is 2. The summed E-state index contributed by atoms with van der Waals surface area (Å²) < 4.78 is 38.4. The monoisotopic (exact) mass is 401 g/mol. The van der Waals surface area contributed by atoms with E-state index in [1.807, 2.05) is 6.92 Å². The maximum Gasteiger partial charge on any atom is 0.256 e. The summed E-state index contributed by atoms with van der Waals surface area (Å²) in [5, 5.41) is 7.26. The first-order chi connectivity index (χ1) is 13.2. The van der Waals surface area contributed by atoms with Crippen LogP contribution in [0.15, 0.2) is 53.4 Å². The van der Waals surface area contributed by atoms with E-state index in [1.165, 1.54) is 30.3 Å². The van der Waals surface area contributed by atoms with Crippen LogP contribution in [-0.2, 0) is 23.3 Å². The van der Waals surface area contributed by atoms with Crippen LogP contribution in [0.4, 0.5) is 10.2 Å². The molecule has 0 aliphatic rings. The normalized spacial score (nSPS) is 11.4. The average Bonchev–Trinajstić information content (AvgIpc) is 2.97. The van der Waals surface area contributed by atoms with Crippen LogP contribution >= 0.6 is 0 Å². The quantitative estimate of drug-likeness (QED) is 0.710. The number of sulfone groups is 1. The van der Waals surface area contributed by atoms with Gasteiger partial charge in [-0.2, -0.15) is 5.10 Å². The second-order valence-corrected chi connectivity index (χ2v) is 8.42. The molecule has 1 heterocycles. The fourth-order valence-electron chi connectivity index (χ4n) is 2.94. The first-order valence-corrected chi connectivity index (χ1v) is 10.5. The lowest BCUT2D eigenvalue weighted by atomic mass is 10.0. The minimum atomic E-state index is -3.43. The molecule has 0 aliphatic heterocycles. The van der Waals surface area contributed by atoms with Gasteiger partial charge in [-0.15, -0.1) is 0 Å². The van der Waals surface area contributed by atoms with Crippen LogP contribution in [0.1, 0.15) is 23.0 Å². The van der Waals surface area contributed by atoms with Crippen molar-refractivity contribution >= 4 is 21.6 Å². The molecule has 0 saturated carbocycles. The Morgan fingerprint density at radius 1 is 1.18 bits per heavy atom. The van der Waals surface area contributed by atoms with Gasteiger partial charge >= 0.3 is 0 Å². The lowest BCUT2D eigenvalue weighted by Gasteiger charge is -2.10. The molecule has 28 heavy (non-hydrogen) atoms. The third-order valence-electron chi connectivity index (χ3n) is 4.34. The van der Waals surface area contributed by atoms with Gasteiger partial charge in [-0.05, 0) is 42.3 Å². The number of nitrogens with one attached hydrogen (secondary N) is 1. The molecule has 146 valence electrons. The second kappa shape index (κ2) is 7.55. The third-order valence-corrected chi connectivity index (χ3v) is 5.45. The maximum absolute atomic E-state index is 13.3. The molecule has 0 aliphatic carbocycles. The van der Waals surface area contributed by atoms with Crippen molar-refractivity contribution in [2.75, 3.05) is 11.6 Å². The molecule has 0 spiro atoms. The molecule has 0 atom stereocenters. The second-order valence-electron chi connectivity index (χ2n) is 6.41. The number of aryl methyl sites for hydroxylation is 2. The van der Waals surface area contributed by atoms with Gasteiger partial charge in [0.05, 0.1) is 10.6 Å². The highest BCUT2D eigenvalue weighted by molar-refractivity contribution is 7.90. The zero-order chi connectivity index (χ0) is 20.5. The number of carbonyl (C=O) groups is 1. The zero-order valence-electron chi connectivity index (χ0n) is 15.7. The van der Waals surface area contributed by atoms with Crippen LogP contribution in [0.2, 0.25) is 0 Å². The molecule has 0 fully saturated rings. The number of aromatic nitrogens is 2. The topological polar surface area (TPSA) is 81.1 Å². The number of rotatable bonds is 5. The van der Waals surface area contributed by atoms with Gasteiger partial charge in [-0.3, -0.25) is 9.48 Å². The van der Waals surface area contributed by atoms with Gasteiger partial charge < -0.3 is 5.32 Å². The smallest absolute Gasteiger partial charge is 0.256 e. The number of hydrogen-bond donors (Lipinski definition) is 1. The van der Waals surface area contributed by atoms with Crippen LogP contribution in [-0.4, -0.2) is 30.4 Å². The van der Waals surface area contributed by atoms with E-state index in [2.05, 4.69) is 10.4 Å². The predicted molar refractivity (Wildman–Crippen MR) is 105 cm³/mol. The maximum atomic E-state index is 13.3. The number of carbonyl (C=O) groups excluding carboxylic acids is 1. The van der Waals surface area contributed by atoms with Gasteiger partial charge in [0.1, 0.15) is 11.6 Å². The first-order valence-electron chi connectivity index (χ1n) is 8.64. The van der Waals surface area contributed by atoms with Crippen molar-refractivity contribution < 1.29 is 17.6 Å². The van der Waals surface area contributed by atoms with Crippen LogP contribution < -0.4 is 5.32 Å². The van der Waals surface area contributed by atoms with Gasteiger partial charge in [0.15, 0.2) is 9.84 Å². The molecule has 0 unspecified atom stereocenters. The Morgan fingerprint density at radius 3 is 2.46 bits per heavy atom. The summed E-state index contributed by atoms with van der Waals surface area (Å²) in [4.78, 5) is 12.8. The molecule has 1 aromatic heterocycles. The largest absolute Gasteiger partial charge is 0.306 e. The lowest BCUT2D eigenvalue weighted by molar-refractivity contribution is 0.102. The Balaban J connectivity index is 2.02. The summed E-state index contributed by atoms with van der Waals surface area (Å²) in [7, 11) is -1.72. The molecule has 3 rings (SSSR count). The highest BCUT2D eigenvalue weighted by atomic mass is 32.2. The van der Waals surface area contributed by atoms with Crippen LogP contribution in [0.25, 0.3) is 11.1 Å². The van der Waals surface area contributed by atoms with Gasteiger partial charge in [0.2, 0.25) is 0 Å². The van der Waals surface area contributed by atoms with Crippen molar-refractivity contribution in [3.63, 3.8) is 0 Å². The lowest BCUT2D eigenvalue weighted by Crippen LogP contribution is -2.15. The minimum absolute atomic E-state index is 0.0677. The van der Waals surface area contributed by atoms with Gasteiger partial charge in [0.25, 0.3) is 5.91 Å². The van der Waals surface area contributed by atoms with Crippen molar-refractivity contribution in [3.8, 4) is 11.1 Å². The first kappa shape index (κ1) is 19.8. The summed E-state index contributed by atoms with van der Waals surface area (Å²) in [6.45, 7) is 1.94. The van der Waals surface area contributed by atoms with Crippen molar-refractivity contribution in [1.29, 1.82) is 0 Å². The van der Waals surface area contributed by atoms with E-state index in [-0.39, 0.29) is 16.3 Å². The van der Waals surface area contributed by atoms with Crippen LogP contribution in [0.5, 0.6) is 0 Å².